The average Bonchev–Trinajstić information content (AvgIpc) is 3.03. The molecule has 2 heterocycles. The lowest BCUT2D eigenvalue weighted by Crippen LogP contribution is -2.21. The van der Waals surface area contributed by atoms with E-state index in [2.05, 4.69) is 36.4 Å². The minimum absolute atomic E-state index is 0.230. The summed E-state index contributed by atoms with van der Waals surface area (Å²) in [6.45, 7) is 6.95. The fourth-order valence-corrected chi connectivity index (χ4v) is 2.99. The predicted molar refractivity (Wildman–Crippen MR) is 83.5 cm³/mol. The van der Waals surface area contributed by atoms with Gasteiger partial charge in [-0.2, -0.15) is 5.10 Å². The topological polar surface area (TPSA) is 56.1 Å². The minimum atomic E-state index is -0.318. The molecule has 5 nitrogen and oxygen atoms in total. The predicted octanol–water partition coefficient (Wildman–Crippen LogP) is 2.82. The van der Waals surface area contributed by atoms with Gasteiger partial charge in [0.25, 0.3) is 0 Å². The Balaban J connectivity index is 2.06. The van der Waals surface area contributed by atoms with E-state index in [0.717, 1.165) is 5.69 Å². The molecule has 0 saturated carbocycles. The van der Waals surface area contributed by atoms with Gasteiger partial charge in [-0.1, -0.05) is 0 Å². The lowest BCUT2D eigenvalue weighted by atomic mass is 10.2. The molecular formula is C15H21N3O2S. The van der Waals surface area contributed by atoms with Crippen molar-refractivity contribution in [3.63, 3.8) is 0 Å². The van der Waals surface area contributed by atoms with Gasteiger partial charge in [0.15, 0.2) is 0 Å². The molecule has 0 aromatic carbocycles. The van der Waals surface area contributed by atoms with Crippen molar-refractivity contribution < 1.29 is 9.53 Å². The molecule has 114 valence electrons. The number of esters is 1. The number of nitrogens with one attached hydrogen (secondary N) is 1. The number of hydrogen-bond donors (Lipinski definition) is 1. The zero-order valence-electron chi connectivity index (χ0n) is 12.8. The highest BCUT2D eigenvalue weighted by atomic mass is 32.1. The summed E-state index contributed by atoms with van der Waals surface area (Å²) in [7, 11) is 1.83. The van der Waals surface area contributed by atoms with Crippen LogP contribution in [0.4, 0.5) is 0 Å². The van der Waals surface area contributed by atoms with Gasteiger partial charge in [0.1, 0.15) is 5.56 Å². The van der Waals surface area contributed by atoms with Crippen LogP contribution >= 0.6 is 11.3 Å². The standard InChI is InChI=1S/C15H21N3O2S/c1-5-20-15(19)12-8-17-18(4)13(12)9-16-11(3)14-7-6-10(2)21-14/h6-8,11,16H,5,9H2,1-4H3. The van der Waals surface area contributed by atoms with Gasteiger partial charge in [-0.15, -0.1) is 11.3 Å². The fourth-order valence-electron chi connectivity index (χ4n) is 2.09. The molecule has 0 aliphatic carbocycles. The normalized spacial score (nSPS) is 12.4. The number of carbonyl (C=O) groups is 1. The third-order valence-corrected chi connectivity index (χ3v) is 4.50. The molecule has 1 N–H and O–H groups in total. The quantitative estimate of drug-likeness (QED) is 0.834. The summed E-state index contributed by atoms with van der Waals surface area (Å²) in [5, 5.41) is 7.59. The second-order valence-electron chi connectivity index (χ2n) is 4.90. The first-order valence-electron chi connectivity index (χ1n) is 7.00. The van der Waals surface area contributed by atoms with Gasteiger partial charge >= 0.3 is 5.97 Å². The molecule has 6 heteroatoms. The third-order valence-electron chi connectivity index (χ3n) is 3.32. The van der Waals surface area contributed by atoms with E-state index in [4.69, 9.17) is 4.74 Å². The highest BCUT2D eigenvalue weighted by Gasteiger charge is 2.18. The van der Waals surface area contributed by atoms with Gasteiger partial charge in [-0.3, -0.25) is 4.68 Å². The maximum absolute atomic E-state index is 11.9. The highest BCUT2D eigenvalue weighted by Crippen LogP contribution is 2.22. The summed E-state index contributed by atoms with van der Waals surface area (Å²) < 4.78 is 6.77. The van der Waals surface area contributed by atoms with E-state index >= 15 is 0 Å². The molecular weight excluding hydrogens is 286 g/mol. The summed E-state index contributed by atoms with van der Waals surface area (Å²) in [4.78, 5) is 14.5. The molecule has 0 aliphatic heterocycles. The lowest BCUT2D eigenvalue weighted by molar-refractivity contribution is 0.0524. The van der Waals surface area contributed by atoms with E-state index in [1.807, 2.05) is 7.05 Å². The smallest absolute Gasteiger partial charge is 0.341 e. The van der Waals surface area contributed by atoms with Crippen LogP contribution in [0.5, 0.6) is 0 Å². The molecule has 2 rings (SSSR count). The number of nitrogens with zero attached hydrogens (tertiary/aromatic N) is 2. The van der Waals surface area contributed by atoms with Gasteiger partial charge in [-0.25, -0.2) is 4.79 Å². The van der Waals surface area contributed by atoms with Gasteiger partial charge in [-0.05, 0) is 32.9 Å². The first kappa shape index (κ1) is 15.7. The number of hydrogen-bond acceptors (Lipinski definition) is 5. The minimum Gasteiger partial charge on any atom is -0.462 e. The number of aromatic nitrogens is 2. The van der Waals surface area contributed by atoms with Crippen LogP contribution < -0.4 is 5.32 Å². The third kappa shape index (κ3) is 3.71. The molecule has 21 heavy (non-hydrogen) atoms. The maximum Gasteiger partial charge on any atom is 0.341 e. The van der Waals surface area contributed by atoms with Gasteiger partial charge in [0.2, 0.25) is 0 Å². The SMILES string of the molecule is CCOC(=O)c1cnn(C)c1CNC(C)c1ccc(C)s1. The summed E-state index contributed by atoms with van der Waals surface area (Å²) in [5.74, 6) is -0.318. The van der Waals surface area contributed by atoms with Gasteiger partial charge < -0.3 is 10.1 Å². The number of thiophene rings is 1. The Labute approximate surface area is 128 Å². The molecule has 2 aromatic rings. The summed E-state index contributed by atoms with van der Waals surface area (Å²) >= 11 is 1.78. The van der Waals surface area contributed by atoms with Crippen molar-refractivity contribution in [2.75, 3.05) is 6.61 Å². The Bertz CT molecular complexity index is 618. The first-order valence-corrected chi connectivity index (χ1v) is 7.82. The van der Waals surface area contributed by atoms with Crippen molar-refractivity contribution in [2.45, 2.75) is 33.4 Å². The van der Waals surface area contributed by atoms with Crippen LogP contribution in [0.2, 0.25) is 0 Å². The van der Waals surface area contributed by atoms with Crippen molar-refractivity contribution >= 4 is 17.3 Å². The summed E-state index contributed by atoms with van der Waals surface area (Å²) in [6.07, 6.45) is 1.56. The van der Waals surface area contributed by atoms with Crippen LogP contribution in [0, 0.1) is 6.92 Å². The van der Waals surface area contributed by atoms with Crippen LogP contribution in [0.1, 0.15) is 45.7 Å². The lowest BCUT2D eigenvalue weighted by Gasteiger charge is -2.13. The van der Waals surface area contributed by atoms with Crippen LogP contribution in [-0.4, -0.2) is 22.4 Å². The Hall–Kier alpha value is -1.66. The van der Waals surface area contributed by atoms with E-state index in [9.17, 15) is 4.79 Å². The Kier molecular flexibility index (Phi) is 5.14. The fraction of sp³-hybridized carbons (Fsp3) is 0.467. The average molecular weight is 307 g/mol. The Morgan fingerprint density at radius 2 is 2.29 bits per heavy atom. The molecule has 0 aliphatic rings. The van der Waals surface area contributed by atoms with Crippen molar-refractivity contribution in [1.82, 2.24) is 15.1 Å². The van der Waals surface area contributed by atoms with Crippen molar-refractivity contribution in [3.05, 3.63) is 39.3 Å². The second kappa shape index (κ2) is 6.87. The molecule has 0 fully saturated rings. The summed E-state index contributed by atoms with van der Waals surface area (Å²) in [5.41, 5.74) is 1.37. The monoisotopic (exact) mass is 307 g/mol. The van der Waals surface area contributed by atoms with Crippen LogP contribution in [0.3, 0.4) is 0 Å². The number of carbonyl (C=O) groups excluding carboxylic acids is 1. The largest absolute Gasteiger partial charge is 0.462 e. The van der Waals surface area contributed by atoms with E-state index in [1.165, 1.54) is 9.75 Å². The van der Waals surface area contributed by atoms with Gasteiger partial charge in [0, 0.05) is 29.4 Å². The van der Waals surface area contributed by atoms with Crippen molar-refractivity contribution in [2.24, 2.45) is 7.05 Å². The molecule has 0 radical (unpaired) electrons. The zero-order valence-corrected chi connectivity index (χ0v) is 13.7. The maximum atomic E-state index is 11.9. The van der Waals surface area contributed by atoms with E-state index in [0.29, 0.717) is 18.7 Å². The highest BCUT2D eigenvalue weighted by molar-refractivity contribution is 7.12. The number of aryl methyl sites for hydroxylation is 2. The molecule has 0 spiro atoms. The molecule has 2 aromatic heterocycles. The molecule has 0 bridgehead atoms. The van der Waals surface area contributed by atoms with Crippen LogP contribution in [0.15, 0.2) is 18.3 Å². The Morgan fingerprint density at radius 1 is 1.52 bits per heavy atom. The molecule has 0 saturated heterocycles. The van der Waals surface area contributed by atoms with Crippen LogP contribution in [-0.2, 0) is 18.3 Å². The van der Waals surface area contributed by atoms with Gasteiger partial charge in [0.05, 0.1) is 18.5 Å². The summed E-state index contributed by atoms with van der Waals surface area (Å²) in [6, 6.07) is 4.48. The van der Waals surface area contributed by atoms with Crippen molar-refractivity contribution in [3.8, 4) is 0 Å². The second-order valence-corrected chi connectivity index (χ2v) is 6.22. The van der Waals surface area contributed by atoms with Crippen molar-refractivity contribution in [1.29, 1.82) is 0 Å². The number of rotatable bonds is 6. The van der Waals surface area contributed by atoms with Crippen LogP contribution in [0.25, 0.3) is 0 Å². The Morgan fingerprint density at radius 3 is 2.90 bits per heavy atom. The molecule has 1 unspecified atom stereocenters. The zero-order chi connectivity index (χ0) is 15.4. The first-order chi connectivity index (χ1) is 10.0. The van der Waals surface area contributed by atoms with E-state index < -0.39 is 0 Å². The van der Waals surface area contributed by atoms with E-state index in [1.54, 1.807) is 29.1 Å². The molecule has 1 atom stereocenters. The molecule has 0 amide bonds. The van der Waals surface area contributed by atoms with E-state index in [-0.39, 0.29) is 12.0 Å². The number of ether oxygens (including phenoxy) is 1.